The fraction of sp³-hybridized carbons (Fsp3) is 0.360. The van der Waals surface area contributed by atoms with Crippen LogP contribution >= 0.6 is 0 Å². The van der Waals surface area contributed by atoms with Crippen LogP contribution in [-0.2, 0) is 14.3 Å². The maximum atomic E-state index is 12.6. The number of carbonyl (C=O) groups is 2. The van der Waals surface area contributed by atoms with Crippen molar-refractivity contribution < 1.29 is 24.2 Å². The molecule has 2 aliphatic rings. The van der Waals surface area contributed by atoms with E-state index in [1.54, 1.807) is 16.9 Å². The molecule has 7 nitrogen and oxygen atoms in total. The largest absolute Gasteiger partial charge is 0.497 e. The second-order valence-electron chi connectivity index (χ2n) is 7.96. The number of piperazine rings is 1. The number of rotatable bonds is 5. The van der Waals surface area contributed by atoms with E-state index in [1.165, 1.54) is 7.11 Å². The first kappa shape index (κ1) is 21.9. The SMILES string of the molecule is COCC(=O)N1CC(=O)N2[C@H](C1)[C@@H](c1ccc(C#Cc3cccc(OC)c3)cc1)[C@@H]2CO. The van der Waals surface area contributed by atoms with Crippen molar-refractivity contribution in [1.29, 1.82) is 0 Å². The molecule has 2 aromatic rings. The summed E-state index contributed by atoms with van der Waals surface area (Å²) in [6, 6.07) is 15.0. The van der Waals surface area contributed by atoms with Gasteiger partial charge in [0.05, 0.1) is 32.3 Å². The Hall–Kier alpha value is -3.34. The van der Waals surface area contributed by atoms with E-state index in [1.807, 2.05) is 48.5 Å². The van der Waals surface area contributed by atoms with Crippen LogP contribution in [0.15, 0.2) is 48.5 Å². The van der Waals surface area contributed by atoms with Gasteiger partial charge in [-0.1, -0.05) is 30.0 Å². The van der Waals surface area contributed by atoms with Crippen LogP contribution in [0.4, 0.5) is 0 Å². The summed E-state index contributed by atoms with van der Waals surface area (Å²) in [4.78, 5) is 28.1. The highest BCUT2D eigenvalue weighted by atomic mass is 16.5. The first-order chi connectivity index (χ1) is 15.5. The molecule has 1 N–H and O–H groups in total. The van der Waals surface area contributed by atoms with Gasteiger partial charge in [0.15, 0.2) is 0 Å². The Morgan fingerprint density at radius 3 is 2.56 bits per heavy atom. The van der Waals surface area contributed by atoms with Crippen molar-refractivity contribution in [2.24, 2.45) is 0 Å². The van der Waals surface area contributed by atoms with Gasteiger partial charge in [0.1, 0.15) is 12.4 Å². The van der Waals surface area contributed by atoms with Crippen LogP contribution in [0.3, 0.4) is 0 Å². The van der Waals surface area contributed by atoms with Crippen molar-refractivity contribution in [2.75, 3.05) is 40.5 Å². The summed E-state index contributed by atoms with van der Waals surface area (Å²) in [6.45, 7) is 0.304. The first-order valence-corrected chi connectivity index (χ1v) is 10.5. The van der Waals surface area contributed by atoms with Gasteiger partial charge < -0.3 is 24.4 Å². The molecule has 7 heteroatoms. The Labute approximate surface area is 187 Å². The van der Waals surface area contributed by atoms with Crippen LogP contribution in [-0.4, -0.2) is 79.3 Å². The van der Waals surface area contributed by atoms with Gasteiger partial charge in [-0.3, -0.25) is 9.59 Å². The molecule has 0 aromatic heterocycles. The van der Waals surface area contributed by atoms with Gasteiger partial charge in [-0.2, -0.15) is 0 Å². The molecule has 0 bridgehead atoms. The Morgan fingerprint density at radius 2 is 1.88 bits per heavy atom. The molecule has 166 valence electrons. The minimum absolute atomic E-state index is 0.0285. The lowest BCUT2D eigenvalue weighted by atomic mass is 9.73. The second-order valence-corrected chi connectivity index (χ2v) is 7.96. The van der Waals surface area contributed by atoms with Gasteiger partial charge >= 0.3 is 0 Å². The van der Waals surface area contributed by atoms with E-state index in [2.05, 4.69) is 11.8 Å². The van der Waals surface area contributed by atoms with Crippen molar-refractivity contribution in [1.82, 2.24) is 9.80 Å². The lowest BCUT2D eigenvalue weighted by Crippen LogP contribution is -2.73. The van der Waals surface area contributed by atoms with Crippen LogP contribution in [0, 0.1) is 11.8 Å². The number of nitrogens with zero attached hydrogens (tertiary/aromatic N) is 2. The van der Waals surface area contributed by atoms with Crippen molar-refractivity contribution in [3.05, 3.63) is 65.2 Å². The molecule has 32 heavy (non-hydrogen) atoms. The smallest absolute Gasteiger partial charge is 0.249 e. The molecular formula is C25H26N2O5. The maximum absolute atomic E-state index is 12.6. The summed E-state index contributed by atoms with van der Waals surface area (Å²) in [7, 11) is 3.09. The summed E-state index contributed by atoms with van der Waals surface area (Å²) in [5.74, 6) is 6.67. The van der Waals surface area contributed by atoms with Crippen molar-refractivity contribution in [2.45, 2.75) is 18.0 Å². The molecule has 2 aliphatic heterocycles. The van der Waals surface area contributed by atoms with Gasteiger partial charge in [0, 0.05) is 30.7 Å². The molecule has 3 atom stereocenters. The van der Waals surface area contributed by atoms with Gasteiger partial charge in [-0.05, 0) is 35.9 Å². The molecule has 0 saturated carbocycles. The predicted octanol–water partition coefficient (Wildman–Crippen LogP) is 1.24. The normalized spacial score (nSPS) is 21.8. The first-order valence-electron chi connectivity index (χ1n) is 10.5. The number of methoxy groups -OCH3 is 2. The van der Waals surface area contributed by atoms with E-state index in [0.29, 0.717) is 6.54 Å². The van der Waals surface area contributed by atoms with Crippen molar-refractivity contribution in [3.63, 3.8) is 0 Å². The van der Waals surface area contributed by atoms with Crippen LogP contribution < -0.4 is 4.74 Å². The predicted molar refractivity (Wildman–Crippen MR) is 118 cm³/mol. The van der Waals surface area contributed by atoms with E-state index in [0.717, 1.165) is 22.4 Å². The van der Waals surface area contributed by atoms with Crippen molar-refractivity contribution >= 4 is 11.8 Å². The number of aliphatic hydroxyl groups is 1. The summed E-state index contributed by atoms with van der Waals surface area (Å²) in [5, 5.41) is 9.91. The number of aliphatic hydroxyl groups excluding tert-OH is 1. The van der Waals surface area contributed by atoms with Crippen LogP contribution in [0.2, 0.25) is 0 Å². The second kappa shape index (κ2) is 9.43. The Balaban J connectivity index is 1.51. The topological polar surface area (TPSA) is 79.3 Å². The summed E-state index contributed by atoms with van der Waals surface area (Å²) in [6.07, 6.45) is 0. The Bertz CT molecular complexity index is 1060. The average Bonchev–Trinajstić information content (AvgIpc) is 2.80. The molecule has 2 saturated heterocycles. The minimum atomic E-state index is -0.277. The molecule has 2 heterocycles. The van der Waals surface area contributed by atoms with E-state index in [4.69, 9.17) is 9.47 Å². The Morgan fingerprint density at radius 1 is 1.12 bits per heavy atom. The summed E-state index contributed by atoms with van der Waals surface area (Å²) < 4.78 is 10.2. The molecule has 0 unspecified atom stereocenters. The lowest BCUT2D eigenvalue weighted by Gasteiger charge is -2.58. The third-order valence-electron chi connectivity index (χ3n) is 6.09. The minimum Gasteiger partial charge on any atom is -0.497 e. The monoisotopic (exact) mass is 434 g/mol. The van der Waals surface area contributed by atoms with Crippen LogP contribution in [0.5, 0.6) is 5.75 Å². The summed E-state index contributed by atoms with van der Waals surface area (Å²) >= 11 is 0. The standard InChI is InChI=1S/C25H26N2O5/c1-31-16-24(30)26-13-21-25(22(15-28)27(21)23(29)14-26)19-10-8-17(9-11-19)6-7-18-4-3-5-20(12-18)32-2/h3-5,8-12,21-22,25,28H,13-16H2,1-2H3/t21-,22+,25-/m1/s1. The van der Waals surface area contributed by atoms with E-state index < -0.39 is 0 Å². The van der Waals surface area contributed by atoms with Gasteiger partial charge in [-0.25, -0.2) is 0 Å². The number of hydrogen-bond donors (Lipinski definition) is 1. The van der Waals surface area contributed by atoms with Crippen LogP contribution in [0.25, 0.3) is 0 Å². The molecular weight excluding hydrogens is 408 g/mol. The highest BCUT2D eigenvalue weighted by molar-refractivity contribution is 5.88. The fourth-order valence-corrected chi connectivity index (χ4v) is 4.54. The molecule has 0 radical (unpaired) electrons. The maximum Gasteiger partial charge on any atom is 0.249 e. The number of carbonyl (C=O) groups excluding carboxylic acids is 2. The van der Waals surface area contributed by atoms with Gasteiger partial charge in [-0.15, -0.1) is 0 Å². The molecule has 2 aromatic carbocycles. The zero-order valence-corrected chi connectivity index (χ0v) is 18.2. The number of fused-ring (bicyclic) bond motifs is 1. The number of benzene rings is 2. The highest BCUT2D eigenvalue weighted by Crippen LogP contribution is 2.42. The number of ether oxygens (including phenoxy) is 2. The quantitative estimate of drug-likeness (QED) is 0.717. The molecule has 2 fully saturated rings. The summed E-state index contributed by atoms with van der Waals surface area (Å²) in [5.41, 5.74) is 2.75. The fourth-order valence-electron chi connectivity index (χ4n) is 4.54. The number of amides is 2. The van der Waals surface area contributed by atoms with E-state index in [9.17, 15) is 14.7 Å². The zero-order valence-electron chi connectivity index (χ0n) is 18.2. The Kier molecular flexibility index (Phi) is 6.45. The van der Waals surface area contributed by atoms with Crippen molar-refractivity contribution in [3.8, 4) is 17.6 Å². The highest BCUT2D eigenvalue weighted by Gasteiger charge is 2.54. The third-order valence-corrected chi connectivity index (χ3v) is 6.09. The van der Waals surface area contributed by atoms with Crippen LogP contribution in [0.1, 0.15) is 22.6 Å². The number of hydrogen-bond acceptors (Lipinski definition) is 5. The van der Waals surface area contributed by atoms with E-state index in [-0.39, 0.29) is 49.6 Å². The zero-order chi connectivity index (χ0) is 22.7. The van der Waals surface area contributed by atoms with E-state index >= 15 is 0 Å². The molecule has 4 rings (SSSR count). The molecule has 0 aliphatic carbocycles. The molecule has 2 amide bonds. The van der Waals surface area contributed by atoms with Gasteiger partial charge in [0.25, 0.3) is 0 Å². The molecule has 0 spiro atoms. The lowest BCUT2D eigenvalue weighted by molar-refractivity contribution is -0.168. The third kappa shape index (κ3) is 4.20. The van der Waals surface area contributed by atoms with Gasteiger partial charge in [0.2, 0.25) is 11.8 Å². The average molecular weight is 434 g/mol.